The van der Waals surface area contributed by atoms with Crippen LogP contribution in [-0.2, 0) is 4.74 Å². The third-order valence-corrected chi connectivity index (χ3v) is 3.40. The lowest BCUT2D eigenvalue weighted by Gasteiger charge is -2.12. The first-order valence-corrected chi connectivity index (χ1v) is 8.30. The van der Waals surface area contributed by atoms with E-state index in [0.717, 1.165) is 6.54 Å². The van der Waals surface area contributed by atoms with Gasteiger partial charge in [0.2, 0.25) is 5.95 Å². The molecule has 1 amide bonds. The van der Waals surface area contributed by atoms with Crippen molar-refractivity contribution in [3.63, 3.8) is 0 Å². The van der Waals surface area contributed by atoms with Gasteiger partial charge in [0.05, 0.1) is 17.9 Å². The first-order chi connectivity index (χ1) is 12.5. The maximum absolute atomic E-state index is 12.5. The number of likely N-dealkylation sites (N-methyl/N-ethyl adjacent to an activating group) is 1. The molecule has 8 heteroatoms. The number of anilines is 2. The molecule has 2 rings (SSSR count). The van der Waals surface area contributed by atoms with Crippen LogP contribution in [0.1, 0.15) is 27.8 Å². The monoisotopic (exact) mass is 357 g/mol. The standard InChI is InChI=1S/C18H23N5O3/c1-4-26-17(25)13-7-5-6-8-14(13)21-16(24)15-9-10-19-18(22-15)20-11-12-23(2)3/h5-10H,4,11-12H2,1-3H3,(H,21,24)(H,19,20,22). The van der Waals surface area contributed by atoms with Gasteiger partial charge in [-0.3, -0.25) is 4.79 Å². The van der Waals surface area contributed by atoms with Crippen LogP contribution < -0.4 is 10.6 Å². The summed E-state index contributed by atoms with van der Waals surface area (Å²) in [5.74, 6) is -0.546. The van der Waals surface area contributed by atoms with Gasteiger partial charge >= 0.3 is 5.97 Å². The minimum absolute atomic E-state index is 0.200. The van der Waals surface area contributed by atoms with Crippen LogP contribution >= 0.6 is 0 Å². The van der Waals surface area contributed by atoms with Gasteiger partial charge in [-0.25, -0.2) is 14.8 Å². The molecule has 8 nitrogen and oxygen atoms in total. The Morgan fingerprint density at radius 3 is 2.69 bits per heavy atom. The first-order valence-electron chi connectivity index (χ1n) is 8.30. The van der Waals surface area contributed by atoms with E-state index in [1.54, 1.807) is 31.2 Å². The van der Waals surface area contributed by atoms with E-state index in [2.05, 4.69) is 20.6 Å². The molecular formula is C18H23N5O3. The summed E-state index contributed by atoms with van der Waals surface area (Å²) in [5, 5.41) is 5.77. The summed E-state index contributed by atoms with van der Waals surface area (Å²) in [6, 6.07) is 8.19. The van der Waals surface area contributed by atoms with Crippen LogP contribution in [-0.4, -0.2) is 60.5 Å². The SMILES string of the molecule is CCOC(=O)c1ccccc1NC(=O)c1ccnc(NCCN(C)C)n1. The maximum Gasteiger partial charge on any atom is 0.340 e. The minimum atomic E-state index is -0.489. The van der Waals surface area contributed by atoms with Crippen LogP contribution in [0.3, 0.4) is 0 Å². The molecule has 0 aliphatic heterocycles. The van der Waals surface area contributed by atoms with Crippen LogP contribution in [0, 0.1) is 0 Å². The van der Waals surface area contributed by atoms with E-state index in [4.69, 9.17) is 4.74 Å². The summed E-state index contributed by atoms with van der Waals surface area (Å²) < 4.78 is 5.01. The maximum atomic E-state index is 12.5. The Morgan fingerprint density at radius 1 is 1.19 bits per heavy atom. The number of para-hydroxylation sites is 1. The summed E-state index contributed by atoms with van der Waals surface area (Å²) >= 11 is 0. The van der Waals surface area contributed by atoms with Gasteiger partial charge in [-0.1, -0.05) is 12.1 Å². The summed E-state index contributed by atoms with van der Waals surface area (Å²) in [6.07, 6.45) is 1.51. The highest BCUT2D eigenvalue weighted by Gasteiger charge is 2.16. The van der Waals surface area contributed by atoms with Gasteiger partial charge in [0.25, 0.3) is 5.91 Å². The van der Waals surface area contributed by atoms with Crippen molar-refractivity contribution in [3.05, 3.63) is 47.8 Å². The number of nitrogens with one attached hydrogen (secondary N) is 2. The van der Waals surface area contributed by atoms with Crippen molar-refractivity contribution in [2.75, 3.05) is 44.4 Å². The topological polar surface area (TPSA) is 96.4 Å². The summed E-state index contributed by atoms with van der Waals surface area (Å²) in [5.41, 5.74) is 0.865. The number of benzene rings is 1. The van der Waals surface area contributed by atoms with Crippen LogP contribution in [0.15, 0.2) is 36.5 Å². The number of hydrogen-bond donors (Lipinski definition) is 2. The number of rotatable bonds is 8. The van der Waals surface area contributed by atoms with E-state index < -0.39 is 11.9 Å². The number of carbonyl (C=O) groups excluding carboxylic acids is 2. The van der Waals surface area contributed by atoms with Gasteiger partial charge in [0.1, 0.15) is 5.69 Å². The molecule has 0 spiro atoms. The van der Waals surface area contributed by atoms with Crippen LogP contribution in [0.4, 0.5) is 11.6 Å². The lowest BCUT2D eigenvalue weighted by Crippen LogP contribution is -2.22. The molecule has 0 atom stereocenters. The molecule has 138 valence electrons. The van der Waals surface area contributed by atoms with Gasteiger partial charge in [-0.05, 0) is 39.2 Å². The molecule has 2 aromatic rings. The Balaban J connectivity index is 2.10. The molecule has 26 heavy (non-hydrogen) atoms. The number of nitrogens with zero attached hydrogens (tertiary/aromatic N) is 3. The zero-order valence-corrected chi connectivity index (χ0v) is 15.2. The largest absolute Gasteiger partial charge is 0.462 e. The average molecular weight is 357 g/mol. The normalized spacial score (nSPS) is 10.5. The highest BCUT2D eigenvalue weighted by atomic mass is 16.5. The summed E-state index contributed by atoms with van der Waals surface area (Å²) in [6.45, 7) is 3.45. The smallest absolute Gasteiger partial charge is 0.340 e. The molecule has 0 bridgehead atoms. The predicted octanol–water partition coefficient (Wildman–Crippen LogP) is 1.88. The zero-order chi connectivity index (χ0) is 18.9. The Bertz CT molecular complexity index is 764. The molecule has 0 aliphatic rings. The van der Waals surface area contributed by atoms with E-state index in [1.165, 1.54) is 12.3 Å². The number of carbonyl (C=O) groups is 2. The zero-order valence-electron chi connectivity index (χ0n) is 15.2. The first kappa shape index (κ1) is 19.3. The lowest BCUT2D eigenvalue weighted by atomic mass is 10.1. The molecule has 0 saturated heterocycles. The fourth-order valence-electron chi connectivity index (χ4n) is 2.13. The van der Waals surface area contributed by atoms with Crippen molar-refractivity contribution in [2.24, 2.45) is 0 Å². The van der Waals surface area contributed by atoms with Crippen LogP contribution in [0.2, 0.25) is 0 Å². The molecular weight excluding hydrogens is 334 g/mol. The van der Waals surface area contributed by atoms with Crippen molar-refractivity contribution in [1.82, 2.24) is 14.9 Å². The van der Waals surface area contributed by atoms with Crippen molar-refractivity contribution in [2.45, 2.75) is 6.92 Å². The third kappa shape index (κ3) is 5.52. The molecule has 0 fully saturated rings. The van der Waals surface area contributed by atoms with Crippen LogP contribution in [0.5, 0.6) is 0 Å². The predicted molar refractivity (Wildman–Crippen MR) is 99.4 cm³/mol. The quantitative estimate of drug-likeness (QED) is 0.696. The highest BCUT2D eigenvalue weighted by molar-refractivity contribution is 6.07. The van der Waals surface area contributed by atoms with Gasteiger partial charge in [-0.15, -0.1) is 0 Å². The van der Waals surface area contributed by atoms with E-state index in [0.29, 0.717) is 23.7 Å². The van der Waals surface area contributed by atoms with Gasteiger partial charge < -0.3 is 20.3 Å². The van der Waals surface area contributed by atoms with E-state index in [9.17, 15) is 9.59 Å². The molecule has 0 saturated carbocycles. The Labute approximate surface area is 152 Å². The molecule has 1 aromatic carbocycles. The van der Waals surface area contributed by atoms with Crippen molar-refractivity contribution in [3.8, 4) is 0 Å². The number of esters is 1. The van der Waals surface area contributed by atoms with E-state index >= 15 is 0 Å². The second-order valence-electron chi connectivity index (χ2n) is 5.72. The number of amides is 1. The third-order valence-electron chi connectivity index (χ3n) is 3.40. The molecule has 0 unspecified atom stereocenters. The van der Waals surface area contributed by atoms with Gasteiger partial charge in [0, 0.05) is 19.3 Å². The molecule has 0 aliphatic carbocycles. The van der Waals surface area contributed by atoms with Gasteiger partial charge in [0.15, 0.2) is 0 Å². The minimum Gasteiger partial charge on any atom is -0.462 e. The number of hydrogen-bond acceptors (Lipinski definition) is 7. The lowest BCUT2D eigenvalue weighted by molar-refractivity contribution is 0.0527. The van der Waals surface area contributed by atoms with E-state index in [1.807, 2.05) is 19.0 Å². The highest BCUT2D eigenvalue weighted by Crippen LogP contribution is 2.17. The fourth-order valence-corrected chi connectivity index (χ4v) is 2.13. The Hall–Kier alpha value is -3.00. The second-order valence-corrected chi connectivity index (χ2v) is 5.72. The second kappa shape index (κ2) is 9.47. The molecule has 2 N–H and O–H groups in total. The van der Waals surface area contributed by atoms with Crippen molar-refractivity contribution >= 4 is 23.5 Å². The molecule has 1 heterocycles. The van der Waals surface area contributed by atoms with Crippen LogP contribution in [0.25, 0.3) is 0 Å². The fraction of sp³-hybridized carbons (Fsp3) is 0.333. The Morgan fingerprint density at radius 2 is 1.96 bits per heavy atom. The molecule has 1 aromatic heterocycles. The summed E-state index contributed by atoms with van der Waals surface area (Å²) in [4.78, 5) is 34.8. The number of aromatic nitrogens is 2. The number of ether oxygens (including phenoxy) is 1. The summed E-state index contributed by atoms with van der Waals surface area (Å²) in [7, 11) is 3.93. The van der Waals surface area contributed by atoms with E-state index in [-0.39, 0.29) is 12.3 Å². The van der Waals surface area contributed by atoms with Crippen molar-refractivity contribution < 1.29 is 14.3 Å². The Kier molecular flexibility index (Phi) is 7.04. The molecule has 0 radical (unpaired) electrons. The van der Waals surface area contributed by atoms with Gasteiger partial charge in [-0.2, -0.15) is 0 Å². The average Bonchev–Trinajstić information content (AvgIpc) is 2.62. The van der Waals surface area contributed by atoms with Crippen molar-refractivity contribution in [1.29, 1.82) is 0 Å².